The van der Waals surface area contributed by atoms with Crippen LogP contribution in [0.4, 0.5) is 0 Å². The zero-order valence-corrected chi connectivity index (χ0v) is 13.6. The molecule has 2 amide bonds. The monoisotopic (exact) mass is 282 g/mol. The summed E-state index contributed by atoms with van der Waals surface area (Å²) in [5.41, 5.74) is 0. The molecule has 20 heavy (non-hydrogen) atoms. The quantitative estimate of drug-likeness (QED) is 0.814. The third kappa shape index (κ3) is 5.14. The molecule has 0 bridgehead atoms. The lowest BCUT2D eigenvalue weighted by molar-refractivity contribution is -0.135. The van der Waals surface area contributed by atoms with Crippen LogP contribution in [0.5, 0.6) is 0 Å². The predicted molar refractivity (Wildman–Crippen MR) is 81.2 cm³/mol. The van der Waals surface area contributed by atoms with E-state index in [2.05, 4.69) is 39.9 Å². The van der Waals surface area contributed by atoms with E-state index in [0.29, 0.717) is 24.8 Å². The van der Waals surface area contributed by atoms with Crippen molar-refractivity contribution >= 4 is 11.8 Å². The molecule has 0 radical (unpaired) electrons. The van der Waals surface area contributed by atoms with Crippen molar-refractivity contribution in [1.82, 2.24) is 10.2 Å². The van der Waals surface area contributed by atoms with Crippen LogP contribution in [0.1, 0.15) is 60.3 Å². The summed E-state index contributed by atoms with van der Waals surface area (Å²) in [6.07, 6.45) is 3.26. The first-order valence-electron chi connectivity index (χ1n) is 7.91. The SMILES string of the molecule is CC(C)CCC(C)N1CCC(=O)NC(CC(C)C)C1=O. The minimum atomic E-state index is -0.341. The molecule has 1 fully saturated rings. The molecule has 0 aromatic heterocycles. The van der Waals surface area contributed by atoms with Gasteiger partial charge in [-0.3, -0.25) is 9.59 Å². The van der Waals surface area contributed by atoms with Crippen LogP contribution in [0.3, 0.4) is 0 Å². The van der Waals surface area contributed by atoms with Crippen LogP contribution in [0.25, 0.3) is 0 Å². The molecule has 1 N–H and O–H groups in total. The molecule has 2 atom stereocenters. The van der Waals surface area contributed by atoms with E-state index in [1.807, 2.05) is 4.90 Å². The number of carbonyl (C=O) groups is 2. The van der Waals surface area contributed by atoms with Crippen LogP contribution in [-0.2, 0) is 9.59 Å². The highest BCUT2D eigenvalue weighted by Gasteiger charge is 2.32. The number of rotatable bonds is 6. The highest BCUT2D eigenvalue weighted by Crippen LogP contribution is 2.18. The Hall–Kier alpha value is -1.06. The average molecular weight is 282 g/mol. The largest absolute Gasteiger partial charge is 0.344 e. The molecule has 116 valence electrons. The Morgan fingerprint density at radius 3 is 2.30 bits per heavy atom. The van der Waals surface area contributed by atoms with E-state index in [4.69, 9.17) is 0 Å². The Morgan fingerprint density at radius 2 is 1.75 bits per heavy atom. The number of hydrogen-bond donors (Lipinski definition) is 1. The second-order valence-corrected chi connectivity index (χ2v) is 6.85. The summed E-state index contributed by atoms with van der Waals surface area (Å²) in [6.45, 7) is 11.2. The smallest absolute Gasteiger partial charge is 0.245 e. The second kappa shape index (κ2) is 7.65. The van der Waals surface area contributed by atoms with E-state index in [1.165, 1.54) is 0 Å². The minimum absolute atomic E-state index is 0.00237. The summed E-state index contributed by atoms with van der Waals surface area (Å²) in [5, 5.41) is 2.88. The van der Waals surface area contributed by atoms with Crippen molar-refractivity contribution in [2.45, 2.75) is 72.4 Å². The van der Waals surface area contributed by atoms with Gasteiger partial charge in [-0.25, -0.2) is 0 Å². The van der Waals surface area contributed by atoms with Crippen molar-refractivity contribution in [2.24, 2.45) is 11.8 Å². The maximum absolute atomic E-state index is 12.6. The fraction of sp³-hybridized carbons (Fsp3) is 0.875. The molecule has 4 nitrogen and oxygen atoms in total. The molecule has 1 aliphatic rings. The predicted octanol–water partition coefficient (Wildman–Crippen LogP) is 2.57. The summed E-state index contributed by atoms with van der Waals surface area (Å²) in [6, 6.07) is -0.126. The van der Waals surface area contributed by atoms with Gasteiger partial charge in [-0.15, -0.1) is 0 Å². The van der Waals surface area contributed by atoms with Gasteiger partial charge in [0.05, 0.1) is 0 Å². The van der Waals surface area contributed by atoms with Gasteiger partial charge in [0.1, 0.15) is 6.04 Å². The van der Waals surface area contributed by atoms with Gasteiger partial charge in [0, 0.05) is 19.0 Å². The van der Waals surface area contributed by atoms with Crippen LogP contribution in [0, 0.1) is 11.8 Å². The van der Waals surface area contributed by atoms with Crippen molar-refractivity contribution in [3.63, 3.8) is 0 Å². The van der Waals surface area contributed by atoms with E-state index < -0.39 is 0 Å². The topological polar surface area (TPSA) is 49.4 Å². The molecular formula is C16H30N2O2. The van der Waals surface area contributed by atoms with E-state index in [0.717, 1.165) is 19.3 Å². The fourth-order valence-electron chi connectivity index (χ4n) is 2.66. The fourth-order valence-corrected chi connectivity index (χ4v) is 2.66. The number of nitrogens with zero attached hydrogens (tertiary/aromatic N) is 1. The molecule has 1 rings (SSSR count). The van der Waals surface area contributed by atoms with Crippen molar-refractivity contribution in [2.75, 3.05) is 6.54 Å². The van der Waals surface area contributed by atoms with Gasteiger partial charge >= 0.3 is 0 Å². The molecule has 4 heteroatoms. The molecule has 0 saturated carbocycles. The molecule has 0 spiro atoms. The Balaban J connectivity index is 2.73. The molecule has 2 unspecified atom stereocenters. The van der Waals surface area contributed by atoms with E-state index in [1.54, 1.807) is 0 Å². The molecule has 1 aliphatic heterocycles. The Labute approximate surface area is 123 Å². The van der Waals surface area contributed by atoms with Crippen LogP contribution < -0.4 is 5.32 Å². The third-order valence-corrected chi connectivity index (χ3v) is 3.90. The number of nitrogens with one attached hydrogen (secondary N) is 1. The van der Waals surface area contributed by atoms with Crippen LogP contribution in [-0.4, -0.2) is 35.3 Å². The zero-order chi connectivity index (χ0) is 15.3. The third-order valence-electron chi connectivity index (χ3n) is 3.90. The first-order valence-corrected chi connectivity index (χ1v) is 7.91. The number of amides is 2. The molecule has 0 aliphatic carbocycles. The standard InChI is InChI=1S/C16H30N2O2/c1-11(2)6-7-13(5)18-9-8-15(19)17-14(16(18)20)10-12(3)4/h11-14H,6-10H2,1-5H3,(H,17,19). The minimum Gasteiger partial charge on any atom is -0.344 e. The van der Waals surface area contributed by atoms with Crippen LogP contribution in [0.15, 0.2) is 0 Å². The molecule has 0 aromatic rings. The summed E-state index contributed by atoms with van der Waals surface area (Å²) >= 11 is 0. The van der Waals surface area contributed by atoms with Gasteiger partial charge in [0.15, 0.2) is 0 Å². The highest BCUT2D eigenvalue weighted by atomic mass is 16.2. The van der Waals surface area contributed by atoms with Crippen molar-refractivity contribution < 1.29 is 9.59 Å². The van der Waals surface area contributed by atoms with Gasteiger partial charge in [0.2, 0.25) is 11.8 Å². The van der Waals surface area contributed by atoms with Crippen LogP contribution in [0.2, 0.25) is 0 Å². The molecule has 1 saturated heterocycles. The first-order chi connectivity index (χ1) is 9.31. The molecule has 0 aromatic carbocycles. The van der Waals surface area contributed by atoms with Gasteiger partial charge in [0.25, 0.3) is 0 Å². The maximum atomic E-state index is 12.6. The lowest BCUT2D eigenvalue weighted by atomic mass is 10.0. The maximum Gasteiger partial charge on any atom is 0.245 e. The number of hydrogen-bond acceptors (Lipinski definition) is 2. The van der Waals surface area contributed by atoms with E-state index in [-0.39, 0.29) is 23.9 Å². The summed E-state index contributed by atoms with van der Waals surface area (Å²) in [5.74, 6) is 1.14. The lowest BCUT2D eigenvalue weighted by Crippen LogP contribution is -2.48. The summed E-state index contributed by atoms with van der Waals surface area (Å²) in [4.78, 5) is 26.3. The second-order valence-electron chi connectivity index (χ2n) is 6.85. The number of carbonyl (C=O) groups excluding carboxylic acids is 2. The Kier molecular flexibility index (Phi) is 6.50. The Bertz CT molecular complexity index is 339. The van der Waals surface area contributed by atoms with Gasteiger partial charge in [-0.1, -0.05) is 27.7 Å². The van der Waals surface area contributed by atoms with Gasteiger partial charge in [-0.05, 0) is 38.0 Å². The highest BCUT2D eigenvalue weighted by molar-refractivity contribution is 5.90. The van der Waals surface area contributed by atoms with Crippen molar-refractivity contribution in [1.29, 1.82) is 0 Å². The summed E-state index contributed by atoms with van der Waals surface area (Å²) in [7, 11) is 0. The molecular weight excluding hydrogens is 252 g/mol. The van der Waals surface area contributed by atoms with E-state index >= 15 is 0 Å². The lowest BCUT2D eigenvalue weighted by Gasteiger charge is -2.31. The van der Waals surface area contributed by atoms with Crippen molar-refractivity contribution in [3.05, 3.63) is 0 Å². The van der Waals surface area contributed by atoms with Gasteiger partial charge < -0.3 is 10.2 Å². The van der Waals surface area contributed by atoms with E-state index in [9.17, 15) is 9.59 Å². The summed E-state index contributed by atoms with van der Waals surface area (Å²) < 4.78 is 0. The first kappa shape index (κ1) is 17.0. The average Bonchev–Trinajstić information content (AvgIpc) is 2.46. The Morgan fingerprint density at radius 1 is 1.10 bits per heavy atom. The zero-order valence-electron chi connectivity index (χ0n) is 13.6. The van der Waals surface area contributed by atoms with Crippen molar-refractivity contribution in [3.8, 4) is 0 Å². The molecule has 1 heterocycles. The van der Waals surface area contributed by atoms with Crippen LogP contribution >= 0.6 is 0 Å². The normalized spacial score (nSPS) is 22.1. The van der Waals surface area contributed by atoms with Gasteiger partial charge in [-0.2, -0.15) is 0 Å².